The van der Waals surface area contributed by atoms with E-state index in [1.807, 2.05) is 0 Å². The van der Waals surface area contributed by atoms with Gasteiger partial charge in [-0.05, 0) is 42.5 Å². The number of hydrogen-bond acceptors (Lipinski definition) is 3. The molecule has 28 heavy (non-hydrogen) atoms. The van der Waals surface area contributed by atoms with E-state index in [0.717, 1.165) is 0 Å². The summed E-state index contributed by atoms with van der Waals surface area (Å²) in [6.45, 7) is 0. The lowest BCUT2D eigenvalue weighted by molar-refractivity contribution is 0.0931. The molecular weight excluding hydrogens is 488 g/mol. The van der Waals surface area contributed by atoms with Crippen molar-refractivity contribution in [1.29, 1.82) is 0 Å². The third-order valence-corrected chi connectivity index (χ3v) is 5.02. The molecule has 2 rings (SSSR count). The molecule has 3 N–H and O–H groups in total. The van der Waals surface area contributed by atoms with Crippen LogP contribution in [0.15, 0.2) is 42.5 Å². The number of alkyl halides is 3. The Morgan fingerprint density at radius 3 is 2.36 bits per heavy atom. The molecule has 5 nitrogen and oxygen atoms in total. The van der Waals surface area contributed by atoms with Crippen molar-refractivity contribution in [2.45, 2.75) is 9.96 Å². The predicted molar refractivity (Wildman–Crippen MR) is 120 cm³/mol. The summed E-state index contributed by atoms with van der Waals surface area (Å²) < 4.78 is 3.27. The van der Waals surface area contributed by atoms with Crippen LogP contribution >= 0.6 is 70.2 Å². The minimum Gasteiger partial charge on any atom is -0.496 e. The highest BCUT2D eigenvalue weighted by molar-refractivity contribution is 7.80. The number of carbonyl (C=O) groups is 1. The second-order valence-corrected chi connectivity index (χ2v) is 8.97. The number of halogens is 5. The molecule has 0 aliphatic rings. The number of para-hydroxylation sites is 1. The van der Waals surface area contributed by atoms with E-state index in [0.29, 0.717) is 21.5 Å². The van der Waals surface area contributed by atoms with E-state index >= 15 is 0 Å². The van der Waals surface area contributed by atoms with Crippen molar-refractivity contribution >= 4 is 86.9 Å². The second kappa shape index (κ2) is 10.1. The van der Waals surface area contributed by atoms with Crippen molar-refractivity contribution in [2.24, 2.45) is 0 Å². The molecule has 0 bridgehead atoms. The molecular formula is C17H14Cl5N3O2S. The smallest absolute Gasteiger partial charge is 0.256 e. The number of nitrogens with one attached hydrogen (secondary N) is 3. The molecule has 0 fully saturated rings. The van der Waals surface area contributed by atoms with Crippen LogP contribution in [-0.2, 0) is 0 Å². The molecule has 0 spiro atoms. The molecule has 0 saturated heterocycles. The zero-order chi connectivity index (χ0) is 20.9. The van der Waals surface area contributed by atoms with Gasteiger partial charge in [0.1, 0.15) is 11.9 Å². The topological polar surface area (TPSA) is 62.4 Å². The summed E-state index contributed by atoms with van der Waals surface area (Å²) in [5.74, 6) is -0.141. The molecule has 11 heteroatoms. The number of thiocarbonyl (C=S) groups is 1. The van der Waals surface area contributed by atoms with E-state index in [4.69, 9.17) is 75.0 Å². The number of hydrogen-bond donors (Lipinski definition) is 3. The Hall–Kier alpha value is -1.15. The third kappa shape index (κ3) is 6.44. The van der Waals surface area contributed by atoms with Crippen molar-refractivity contribution in [3.8, 4) is 5.75 Å². The normalized spacial score (nSPS) is 12.1. The summed E-state index contributed by atoms with van der Waals surface area (Å²) in [4.78, 5) is 12.6. The van der Waals surface area contributed by atoms with Gasteiger partial charge in [0, 0.05) is 5.69 Å². The number of rotatable bonds is 5. The largest absolute Gasteiger partial charge is 0.496 e. The lowest BCUT2D eigenvalue weighted by atomic mass is 10.2. The molecule has 0 aliphatic carbocycles. The fraction of sp³-hybridized carbons (Fsp3) is 0.176. The average Bonchev–Trinajstić information content (AvgIpc) is 2.63. The van der Waals surface area contributed by atoms with Crippen LogP contribution < -0.4 is 20.7 Å². The highest BCUT2D eigenvalue weighted by Crippen LogP contribution is 2.30. The third-order valence-electron chi connectivity index (χ3n) is 3.41. The van der Waals surface area contributed by atoms with Gasteiger partial charge in [-0.1, -0.05) is 70.1 Å². The summed E-state index contributed by atoms with van der Waals surface area (Å²) in [6, 6.07) is 11.5. The number of benzene rings is 2. The van der Waals surface area contributed by atoms with Crippen LogP contribution in [0.3, 0.4) is 0 Å². The Kier molecular flexibility index (Phi) is 8.30. The van der Waals surface area contributed by atoms with Crippen molar-refractivity contribution in [3.63, 3.8) is 0 Å². The highest BCUT2D eigenvalue weighted by Gasteiger charge is 2.35. The molecule has 0 heterocycles. The number of methoxy groups -OCH3 is 1. The van der Waals surface area contributed by atoms with Gasteiger partial charge in [-0.25, -0.2) is 0 Å². The Labute approximate surface area is 192 Å². The van der Waals surface area contributed by atoms with Crippen molar-refractivity contribution < 1.29 is 9.53 Å². The van der Waals surface area contributed by atoms with Gasteiger partial charge >= 0.3 is 0 Å². The summed E-state index contributed by atoms with van der Waals surface area (Å²) >= 11 is 35.1. The van der Waals surface area contributed by atoms with Gasteiger partial charge in [-0.15, -0.1) is 0 Å². The minimum atomic E-state index is -1.90. The summed E-state index contributed by atoms with van der Waals surface area (Å²) in [5.41, 5.74) is 0.834. The Bertz CT molecular complexity index is 876. The van der Waals surface area contributed by atoms with Gasteiger partial charge in [0.05, 0.1) is 22.7 Å². The van der Waals surface area contributed by atoms with Crippen LogP contribution in [0, 0.1) is 0 Å². The average molecular weight is 502 g/mol. The summed E-state index contributed by atoms with van der Waals surface area (Å²) in [5, 5.41) is 9.05. The maximum absolute atomic E-state index is 12.6. The number of amides is 1. The van der Waals surface area contributed by atoms with Crippen LogP contribution in [0.2, 0.25) is 10.0 Å². The van der Waals surface area contributed by atoms with E-state index in [1.165, 1.54) is 7.11 Å². The first-order valence-corrected chi connectivity index (χ1v) is 9.95. The number of ether oxygens (including phenoxy) is 1. The fourth-order valence-corrected chi connectivity index (χ4v) is 2.97. The summed E-state index contributed by atoms with van der Waals surface area (Å²) in [7, 11) is 1.45. The highest BCUT2D eigenvalue weighted by atomic mass is 35.6. The molecule has 0 saturated carbocycles. The monoisotopic (exact) mass is 499 g/mol. The molecule has 2 aromatic rings. The van der Waals surface area contributed by atoms with Crippen LogP contribution in [0.4, 0.5) is 5.69 Å². The van der Waals surface area contributed by atoms with Gasteiger partial charge in [0.25, 0.3) is 5.91 Å². The Balaban J connectivity index is 2.12. The van der Waals surface area contributed by atoms with Crippen LogP contribution in [0.25, 0.3) is 0 Å². The van der Waals surface area contributed by atoms with E-state index < -0.39 is 15.9 Å². The molecule has 0 aliphatic heterocycles. The number of anilines is 1. The van der Waals surface area contributed by atoms with Crippen LogP contribution in [0.1, 0.15) is 10.4 Å². The molecule has 2 aromatic carbocycles. The quantitative estimate of drug-likeness (QED) is 0.290. The maximum atomic E-state index is 12.6. The molecule has 0 aromatic heterocycles. The minimum absolute atomic E-state index is 0.0926. The Morgan fingerprint density at radius 2 is 1.75 bits per heavy atom. The first-order chi connectivity index (χ1) is 13.1. The zero-order valence-corrected chi connectivity index (χ0v) is 18.8. The van der Waals surface area contributed by atoms with Crippen LogP contribution in [-0.4, -0.2) is 28.1 Å². The lowest BCUT2D eigenvalue weighted by Crippen LogP contribution is -2.56. The first kappa shape index (κ1) is 23.1. The number of carbonyl (C=O) groups excluding carboxylic acids is 1. The van der Waals surface area contributed by atoms with E-state index in [2.05, 4.69) is 16.0 Å². The standard InChI is InChI=1S/C17H14Cl5N3O2S/c1-27-13-5-3-2-4-10(13)14(26)24-15(17(20,21)22)25-16(28)23-9-6-7-11(18)12(19)8-9/h2-8,15H,1H3,(H,24,26)(H2,23,25,28)/t15-/m1/s1. The van der Waals surface area contributed by atoms with Gasteiger partial charge in [-0.2, -0.15) is 0 Å². The van der Waals surface area contributed by atoms with Gasteiger partial charge in [-0.3, -0.25) is 4.79 Å². The van der Waals surface area contributed by atoms with Gasteiger partial charge in [0.15, 0.2) is 5.11 Å². The molecule has 150 valence electrons. The lowest BCUT2D eigenvalue weighted by Gasteiger charge is -2.28. The SMILES string of the molecule is COc1ccccc1C(=O)N[C@H](NC(=S)Nc1ccc(Cl)c(Cl)c1)C(Cl)(Cl)Cl. The predicted octanol–water partition coefficient (Wildman–Crippen LogP) is 5.41. The van der Waals surface area contributed by atoms with Gasteiger partial charge < -0.3 is 20.7 Å². The molecule has 0 radical (unpaired) electrons. The van der Waals surface area contributed by atoms with E-state index in [1.54, 1.807) is 42.5 Å². The summed E-state index contributed by atoms with van der Waals surface area (Å²) in [6.07, 6.45) is -1.14. The zero-order valence-electron chi connectivity index (χ0n) is 14.2. The van der Waals surface area contributed by atoms with E-state index in [9.17, 15) is 4.79 Å². The van der Waals surface area contributed by atoms with E-state index in [-0.39, 0.29) is 10.7 Å². The first-order valence-electron chi connectivity index (χ1n) is 7.65. The van der Waals surface area contributed by atoms with Crippen LogP contribution in [0.5, 0.6) is 5.75 Å². The van der Waals surface area contributed by atoms with Gasteiger partial charge in [0.2, 0.25) is 3.79 Å². The molecule has 1 amide bonds. The fourth-order valence-electron chi connectivity index (χ4n) is 2.11. The van der Waals surface area contributed by atoms with Crippen molar-refractivity contribution in [2.75, 3.05) is 12.4 Å². The maximum Gasteiger partial charge on any atom is 0.256 e. The second-order valence-electron chi connectivity index (χ2n) is 5.38. The van der Waals surface area contributed by atoms with Crippen molar-refractivity contribution in [1.82, 2.24) is 10.6 Å². The van der Waals surface area contributed by atoms with Crippen molar-refractivity contribution in [3.05, 3.63) is 58.1 Å². The Morgan fingerprint density at radius 1 is 1.07 bits per heavy atom. The molecule has 1 atom stereocenters. The molecule has 0 unspecified atom stereocenters.